The lowest BCUT2D eigenvalue weighted by Gasteiger charge is -2.28. The SMILES string of the molecule is C1=NCc2cc(-c3cn4cccc4c(Nc4ccc(N5CCOCC5)cc4)n3)ccc21.CS(=O)(=O)O. The van der Waals surface area contributed by atoms with E-state index in [0.29, 0.717) is 6.26 Å². The van der Waals surface area contributed by atoms with E-state index >= 15 is 0 Å². The summed E-state index contributed by atoms with van der Waals surface area (Å²) in [6.45, 7) is 4.20. The van der Waals surface area contributed by atoms with Gasteiger partial charge in [0.25, 0.3) is 10.1 Å². The molecular formula is C26H27N5O4S. The van der Waals surface area contributed by atoms with Crippen molar-refractivity contribution >= 4 is 39.0 Å². The fraction of sp³-hybridized carbons (Fsp3) is 0.231. The Bertz CT molecular complexity index is 1500. The molecule has 6 rings (SSSR count). The highest BCUT2D eigenvalue weighted by Gasteiger charge is 2.13. The van der Waals surface area contributed by atoms with E-state index in [-0.39, 0.29) is 0 Å². The van der Waals surface area contributed by atoms with Gasteiger partial charge in [-0.2, -0.15) is 8.42 Å². The van der Waals surface area contributed by atoms with Crippen molar-refractivity contribution in [1.82, 2.24) is 9.38 Å². The normalized spacial score (nSPS) is 14.9. The van der Waals surface area contributed by atoms with Crippen molar-refractivity contribution in [3.05, 3.63) is 78.1 Å². The van der Waals surface area contributed by atoms with Crippen LogP contribution in [0.5, 0.6) is 0 Å². The van der Waals surface area contributed by atoms with Crippen LogP contribution in [-0.2, 0) is 21.4 Å². The molecule has 2 aromatic carbocycles. The van der Waals surface area contributed by atoms with Crippen molar-refractivity contribution in [3.8, 4) is 11.3 Å². The van der Waals surface area contributed by atoms with E-state index in [0.717, 1.165) is 61.1 Å². The molecule has 10 heteroatoms. The molecule has 1 saturated heterocycles. The predicted molar refractivity (Wildman–Crippen MR) is 142 cm³/mol. The van der Waals surface area contributed by atoms with Gasteiger partial charge >= 0.3 is 0 Å². The first-order chi connectivity index (χ1) is 17.3. The summed E-state index contributed by atoms with van der Waals surface area (Å²) in [6.07, 6.45) is 6.80. The summed E-state index contributed by atoms with van der Waals surface area (Å²) in [5, 5.41) is 3.53. The molecule has 2 aromatic heterocycles. The van der Waals surface area contributed by atoms with Crippen LogP contribution in [0.25, 0.3) is 16.8 Å². The number of aromatic nitrogens is 2. The first kappa shape index (κ1) is 24.0. The van der Waals surface area contributed by atoms with E-state index in [1.165, 1.54) is 16.8 Å². The lowest BCUT2D eigenvalue weighted by Crippen LogP contribution is -2.36. The maximum atomic E-state index is 9.19. The zero-order valence-corrected chi connectivity index (χ0v) is 20.6. The molecule has 4 aromatic rings. The summed E-state index contributed by atoms with van der Waals surface area (Å²) < 4.78 is 33.4. The second-order valence-electron chi connectivity index (χ2n) is 8.66. The Morgan fingerprint density at radius 1 is 1.06 bits per heavy atom. The molecule has 0 unspecified atom stereocenters. The largest absolute Gasteiger partial charge is 0.378 e. The second-order valence-corrected chi connectivity index (χ2v) is 10.1. The summed E-state index contributed by atoms with van der Waals surface area (Å²) >= 11 is 0. The van der Waals surface area contributed by atoms with E-state index in [1.54, 1.807) is 0 Å². The number of anilines is 3. The van der Waals surface area contributed by atoms with Crippen LogP contribution in [0.1, 0.15) is 11.1 Å². The number of nitrogens with zero attached hydrogens (tertiary/aromatic N) is 4. The second kappa shape index (κ2) is 10.1. The zero-order valence-electron chi connectivity index (χ0n) is 19.8. The summed E-state index contributed by atoms with van der Waals surface area (Å²) in [5.74, 6) is 0.846. The summed E-state index contributed by atoms with van der Waals surface area (Å²) in [5.41, 5.74) is 7.78. The van der Waals surface area contributed by atoms with Crippen LogP contribution in [-0.4, -0.2) is 61.1 Å². The van der Waals surface area contributed by atoms with Gasteiger partial charge in [0.05, 0.1) is 37.2 Å². The van der Waals surface area contributed by atoms with Crippen molar-refractivity contribution in [1.29, 1.82) is 0 Å². The quantitative estimate of drug-likeness (QED) is 0.403. The Kier molecular flexibility index (Phi) is 6.73. The van der Waals surface area contributed by atoms with E-state index in [9.17, 15) is 8.42 Å². The van der Waals surface area contributed by atoms with Gasteiger partial charge in [-0.25, -0.2) is 4.98 Å². The maximum absolute atomic E-state index is 9.19. The summed E-state index contributed by atoms with van der Waals surface area (Å²) in [7, 11) is -3.67. The van der Waals surface area contributed by atoms with Crippen molar-refractivity contribution < 1.29 is 17.7 Å². The Hall–Kier alpha value is -3.73. The molecule has 0 atom stereocenters. The number of rotatable bonds is 4. The molecule has 1 fully saturated rings. The van der Waals surface area contributed by atoms with Gasteiger partial charge < -0.3 is 19.4 Å². The van der Waals surface area contributed by atoms with E-state index in [2.05, 4.69) is 80.5 Å². The molecule has 0 spiro atoms. The molecule has 4 heterocycles. The first-order valence-corrected chi connectivity index (χ1v) is 13.4. The number of hydrogen-bond acceptors (Lipinski definition) is 7. The molecule has 2 N–H and O–H groups in total. The topological polar surface area (TPSA) is 109 Å². The third-order valence-corrected chi connectivity index (χ3v) is 5.95. The molecular weight excluding hydrogens is 478 g/mol. The van der Waals surface area contributed by atoms with Crippen molar-refractivity contribution in [2.75, 3.05) is 42.8 Å². The monoisotopic (exact) mass is 505 g/mol. The molecule has 2 aliphatic heterocycles. The molecule has 0 radical (unpaired) electrons. The lowest BCUT2D eigenvalue weighted by molar-refractivity contribution is 0.122. The van der Waals surface area contributed by atoms with Gasteiger partial charge in [-0.15, -0.1) is 0 Å². The summed E-state index contributed by atoms with van der Waals surface area (Å²) in [4.78, 5) is 11.7. The van der Waals surface area contributed by atoms with E-state index in [1.807, 2.05) is 12.3 Å². The lowest BCUT2D eigenvalue weighted by atomic mass is 10.0. The Labute approximate surface area is 209 Å². The van der Waals surface area contributed by atoms with Gasteiger partial charge in [-0.05, 0) is 53.6 Å². The average Bonchev–Trinajstić information content (AvgIpc) is 3.53. The van der Waals surface area contributed by atoms with Crippen LogP contribution < -0.4 is 10.2 Å². The minimum atomic E-state index is -3.67. The average molecular weight is 506 g/mol. The fourth-order valence-electron chi connectivity index (χ4n) is 4.26. The standard InChI is InChI=1S/C25H23N5O.CH4O3S/c1-2-24-25(27-21-5-7-22(8-6-21)29-10-12-31-13-11-29)28-23(17-30(24)9-1)18-3-4-19-15-26-16-20(19)14-18;1-5(2,3)4/h1-9,14-15,17H,10-13,16H2,(H,27,28);1H3,(H,2,3,4). The van der Waals surface area contributed by atoms with Gasteiger partial charge in [0.2, 0.25) is 0 Å². The molecule has 36 heavy (non-hydrogen) atoms. The molecule has 0 bridgehead atoms. The van der Waals surface area contributed by atoms with E-state index < -0.39 is 10.1 Å². The van der Waals surface area contributed by atoms with Crippen molar-refractivity contribution in [3.63, 3.8) is 0 Å². The summed E-state index contributed by atoms with van der Waals surface area (Å²) in [6, 6.07) is 19.1. The van der Waals surface area contributed by atoms with Crippen molar-refractivity contribution in [2.45, 2.75) is 6.54 Å². The van der Waals surface area contributed by atoms with Crippen LogP contribution in [0.2, 0.25) is 0 Å². The van der Waals surface area contributed by atoms with Crippen molar-refractivity contribution in [2.24, 2.45) is 4.99 Å². The van der Waals surface area contributed by atoms with Crippen LogP contribution in [0.4, 0.5) is 17.2 Å². The number of benzene rings is 2. The minimum absolute atomic E-state index is 0.715. The number of hydrogen-bond donors (Lipinski definition) is 2. The molecule has 186 valence electrons. The highest BCUT2D eigenvalue weighted by atomic mass is 32.2. The first-order valence-electron chi connectivity index (χ1n) is 11.6. The Morgan fingerprint density at radius 3 is 2.56 bits per heavy atom. The number of morpholine rings is 1. The highest BCUT2D eigenvalue weighted by molar-refractivity contribution is 7.85. The maximum Gasteiger partial charge on any atom is 0.261 e. The molecule has 2 aliphatic rings. The third kappa shape index (κ3) is 5.73. The number of aliphatic imine (C=N–C) groups is 1. The fourth-order valence-corrected chi connectivity index (χ4v) is 4.26. The van der Waals surface area contributed by atoms with Gasteiger partial charge in [0.15, 0.2) is 5.82 Å². The van der Waals surface area contributed by atoms with Crippen LogP contribution in [0, 0.1) is 0 Å². The van der Waals surface area contributed by atoms with Crippen LogP contribution >= 0.6 is 0 Å². The molecule has 9 nitrogen and oxygen atoms in total. The third-order valence-electron chi connectivity index (χ3n) is 5.95. The smallest absolute Gasteiger partial charge is 0.261 e. The zero-order chi connectivity index (χ0) is 25.1. The van der Waals surface area contributed by atoms with Gasteiger partial charge in [-0.1, -0.05) is 12.1 Å². The number of ether oxygens (including phenoxy) is 1. The Morgan fingerprint density at radius 2 is 1.81 bits per heavy atom. The minimum Gasteiger partial charge on any atom is -0.378 e. The number of nitrogens with one attached hydrogen (secondary N) is 1. The van der Waals surface area contributed by atoms with Crippen LogP contribution in [0.3, 0.4) is 0 Å². The molecule has 0 amide bonds. The van der Waals surface area contributed by atoms with Crippen LogP contribution in [0.15, 0.2) is 72.0 Å². The highest BCUT2D eigenvalue weighted by Crippen LogP contribution is 2.29. The van der Waals surface area contributed by atoms with Gasteiger partial charge in [0.1, 0.15) is 0 Å². The Balaban J connectivity index is 0.000000489. The van der Waals surface area contributed by atoms with Gasteiger partial charge in [0, 0.05) is 48.6 Å². The molecule has 0 saturated carbocycles. The number of fused-ring (bicyclic) bond motifs is 2. The molecule has 0 aliphatic carbocycles. The predicted octanol–water partition coefficient (Wildman–Crippen LogP) is 4.02. The van der Waals surface area contributed by atoms with E-state index in [4.69, 9.17) is 14.3 Å². The van der Waals surface area contributed by atoms with Gasteiger partial charge in [-0.3, -0.25) is 9.55 Å².